The molecule has 1 aromatic heterocycles. The Morgan fingerprint density at radius 3 is 2.75 bits per heavy atom. The molecule has 0 spiro atoms. The van der Waals surface area contributed by atoms with Gasteiger partial charge in [0, 0.05) is 37.0 Å². The predicted octanol–water partition coefficient (Wildman–Crippen LogP) is 2.98. The van der Waals surface area contributed by atoms with Crippen LogP contribution in [-0.4, -0.2) is 38.7 Å². The number of halogens is 1. The molecule has 1 saturated heterocycles. The van der Waals surface area contributed by atoms with Crippen LogP contribution in [0.5, 0.6) is 0 Å². The van der Waals surface area contributed by atoms with Crippen LogP contribution in [0.1, 0.15) is 42.5 Å². The minimum Gasteiger partial charge on any atom is -0.342 e. The molecule has 126 valence electrons. The first-order valence-electron chi connectivity index (χ1n) is 8.51. The molecule has 2 heterocycles. The van der Waals surface area contributed by atoms with Crippen LogP contribution in [0.15, 0.2) is 30.6 Å². The molecule has 4 rings (SSSR count). The third-order valence-corrected chi connectivity index (χ3v) is 5.54. The van der Waals surface area contributed by atoms with Gasteiger partial charge in [-0.15, -0.1) is 10.2 Å². The highest BCUT2D eigenvalue weighted by Crippen LogP contribution is 2.49. The lowest BCUT2D eigenvalue weighted by Gasteiger charge is -2.31. The predicted molar refractivity (Wildman–Crippen MR) is 91.9 cm³/mol. The Hall–Kier alpha value is -1.88. The van der Waals surface area contributed by atoms with Gasteiger partial charge < -0.3 is 9.47 Å². The van der Waals surface area contributed by atoms with Crippen molar-refractivity contribution in [2.75, 3.05) is 13.1 Å². The number of likely N-dealkylation sites (tertiary alicyclic amines) is 1. The van der Waals surface area contributed by atoms with Crippen LogP contribution in [0.3, 0.4) is 0 Å². The fourth-order valence-corrected chi connectivity index (χ4v) is 4.03. The molecule has 1 aliphatic carbocycles. The Bertz CT molecular complexity index is 751. The highest BCUT2D eigenvalue weighted by atomic mass is 35.5. The van der Waals surface area contributed by atoms with Crippen LogP contribution in [-0.2, 0) is 11.8 Å². The van der Waals surface area contributed by atoms with Gasteiger partial charge in [-0.05, 0) is 42.9 Å². The van der Waals surface area contributed by atoms with Gasteiger partial charge in [0.1, 0.15) is 12.2 Å². The second-order valence-corrected chi connectivity index (χ2v) is 7.34. The molecule has 0 bridgehead atoms. The topological polar surface area (TPSA) is 51.0 Å². The van der Waals surface area contributed by atoms with Crippen LogP contribution in [0.4, 0.5) is 0 Å². The third-order valence-electron chi connectivity index (χ3n) is 5.30. The first-order chi connectivity index (χ1) is 11.6. The van der Waals surface area contributed by atoms with Gasteiger partial charge in [0.05, 0.1) is 0 Å². The van der Waals surface area contributed by atoms with Crippen molar-refractivity contribution in [2.24, 2.45) is 13.0 Å². The SMILES string of the molecule is Cn1cnnc1C1CCN(C(=O)[C@H]2C[C@@H]2c2cccc(Cl)c2)CC1. The lowest BCUT2D eigenvalue weighted by Crippen LogP contribution is -2.39. The summed E-state index contributed by atoms with van der Waals surface area (Å²) in [6.45, 7) is 1.63. The maximum absolute atomic E-state index is 12.7. The van der Waals surface area contributed by atoms with Gasteiger partial charge in [0.25, 0.3) is 0 Å². The number of hydrogen-bond donors (Lipinski definition) is 0. The van der Waals surface area contributed by atoms with E-state index >= 15 is 0 Å². The smallest absolute Gasteiger partial charge is 0.226 e. The summed E-state index contributed by atoms with van der Waals surface area (Å²) in [5.41, 5.74) is 1.19. The molecule has 1 saturated carbocycles. The van der Waals surface area contributed by atoms with Crippen molar-refractivity contribution in [3.8, 4) is 0 Å². The molecule has 2 fully saturated rings. The van der Waals surface area contributed by atoms with E-state index < -0.39 is 0 Å². The van der Waals surface area contributed by atoms with Gasteiger partial charge in [-0.3, -0.25) is 4.79 Å². The molecule has 6 heteroatoms. The Morgan fingerprint density at radius 1 is 1.29 bits per heavy atom. The summed E-state index contributed by atoms with van der Waals surface area (Å²) in [5, 5.41) is 8.92. The summed E-state index contributed by atoms with van der Waals surface area (Å²) < 4.78 is 1.98. The first-order valence-corrected chi connectivity index (χ1v) is 8.89. The normalized spacial score (nSPS) is 24.2. The number of nitrogens with zero attached hydrogens (tertiary/aromatic N) is 4. The number of carbonyl (C=O) groups is 1. The zero-order valence-corrected chi connectivity index (χ0v) is 14.5. The molecule has 1 aromatic carbocycles. The van der Waals surface area contributed by atoms with Crippen molar-refractivity contribution in [3.05, 3.63) is 47.0 Å². The average molecular weight is 345 g/mol. The van der Waals surface area contributed by atoms with Crippen molar-refractivity contribution in [1.82, 2.24) is 19.7 Å². The molecule has 0 unspecified atom stereocenters. The fraction of sp³-hybridized carbons (Fsp3) is 0.500. The highest BCUT2D eigenvalue weighted by molar-refractivity contribution is 6.30. The van der Waals surface area contributed by atoms with Crippen LogP contribution in [0, 0.1) is 5.92 Å². The van der Waals surface area contributed by atoms with E-state index in [9.17, 15) is 4.79 Å². The number of aromatic nitrogens is 3. The zero-order chi connectivity index (χ0) is 16.7. The van der Waals surface area contributed by atoms with E-state index in [1.165, 1.54) is 5.56 Å². The van der Waals surface area contributed by atoms with E-state index in [4.69, 9.17) is 11.6 Å². The summed E-state index contributed by atoms with van der Waals surface area (Å²) in [4.78, 5) is 14.8. The molecule has 2 aliphatic rings. The Morgan fingerprint density at radius 2 is 2.08 bits per heavy atom. The molecule has 2 atom stereocenters. The third kappa shape index (κ3) is 2.93. The summed E-state index contributed by atoms with van der Waals surface area (Å²) in [6, 6.07) is 7.90. The largest absolute Gasteiger partial charge is 0.342 e. The van der Waals surface area contributed by atoms with Crippen LogP contribution in [0.25, 0.3) is 0 Å². The van der Waals surface area contributed by atoms with Crippen molar-refractivity contribution in [3.63, 3.8) is 0 Å². The number of carbonyl (C=O) groups excluding carboxylic acids is 1. The standard InChI is InChI=1S/C18H21ClN4O/c1-22-11-20-21-17(22)12-5-7-23(8-6-12)18(24)16-10-15(16)13-3-2-4-14(19)9-13/h2-4,9,11-12,15-16H,5-8,10H2,1H3/t15-,16+/m1/s1. The van der Waals surface area contributed by atoms with Gasteiger partial charge in [-0.1, -0.05) is 23.7 Å². The summed E-state index contributed by atoms with van der Waals surface area (Å²) >= 11 is 6.06. The molecule has 1 amide bonds. The number of rotatable bonds is 3. The number of benzene rings is 1. The van der Waals surface area contributed by atoms with Crippen LogP contribution >= 0.6 is 11.6 Å². The Balaban J connectivity index is 1.35. The summed E-state index contributed by atoms with van der Waals surface area (Å²) in [7, 11) is 1.98. The molecule has 5 nitrogen and oxygen atoms in total. The molecular weight excluding hydrogens is 324 g/mol. The number of aryl methyl sites for hydroxylation is 1. The van der Waals surface area contributed by atoms with Crippen molar-refractivity contribution in [1.29, 1.82) is 0 Å². The summed E-state index contributed by atoms with van der Waals surface area (Å²) in [5.74, 6) is 2.22. The van der Waals surface area contributed by atoms with Gasteiger partial charge in [-0.2, -0.15) is 0 Å². The molecule has 2 aromatic rings. The van der Waals surface area contributed by atoms with E-state index in [0.717, 1.165) is 43.2 Å². The van der Waals surface area contributed by atoms with E-state index in [1.54, 1.807) is 6.33 Å². The van der Waals surface area contributed by atoms with E-state index in [1.807, 2.05) is 34.7 Å². The lowest BCUT2D eigenvalue weighted by atomic mass is 9.95. The van der Waals surface area contributed by atoms with E-state index in [-0.39, 0.29) is 5.92 Å². The molecule has 0 N–H and O–H groups in total. The minimum absolute atomic E-state index is 0.134. The van der Waals surface area contributed by atoms with E-state index in [0.29, 0.717) is 17.7 Å². The number of hydrogen-bond acceptors (Lipinski definition) is 3. The average Bonchev–Trinajstić information content (AvgIpc) is 3.29. The minimum atomic E-state index is 0.134. The molecule has 24 heavy (non-hydrogen) atoms. The van der Waals surface area contributed by atoms with Gasteiger partial charge in [-0.25, -0.2) is 0 Å². The Labute approximate surface area is 146 Å². The fourth-order valence-electron chi connectivity index (χ4n) is 3.83. The first kappa shape index (κ1) is 15.6. The van der Waals surface area contributed by atoms with Crippen molar-refractivity contribution in [2.45, 2.75) is 31.1 Å². The van der Waals surface area contributed by atoms with Gasteiger partial charge >= 0.3 is 0 Å². The zero-order valence-electron chi connectivity index (χ0n) is 13.7. The van der Waals surface area contributed by atoms with E-state index in [2.05, 4.69) is 16.3 Å². The summed E-state index contributed by atoms with van der Waals surface area (Å²) in [6.07, 6.45) is 4.62. The van der Waals surface area contributed by atoms with Crippen molar-refractivity contribution < 1.29 is 4.79 Å². The monoisotopic (exact) mass is 344 g/mol. The van der Waals surface area contributed by atoms with Crippen LogP contribution in [0.2, 0.25) is 5.02 Å². The van der Waals surface area contributed by atoms with Gasteiger partial charge in [0.2, 0.25) is 5.91 Å². The lowest BCUT2D eigenvalue weighted by molar-refractivity contribution is -0.133. The van der Waals surface area contributed by atoms with Crippen LogP contribution < -0.4 is 0 Å². The quantitative estimate of drug-likeness (QED) is 0.860. The maximum atomic E-state index is 12.7. The Kier molecular flexibility index (Phi) is 4.04. The number of piperidine rings is 1. The number of amides is 1. The second-order valence-electron chi connectivity index (χ2n) is 6.90. The van der Waals surface area contributed by atoms with Gasteiger partial charge in [0.15, 0.2) is 0 Å². The second kappa shape index (κ2) is 6.20. The van der Waals surface area contributed by atoms with Crippen molar-refractivity contribution >= 4 is 17.5 Å². The molecule has 1 aliphatic heterocycles. The molecule has 0 radical (unpaired) electrons. The molecular formula is C18H21ClN4O. The maximum Gasteiger partial charge on any atom is 0.226 e. The highest BCUT2D eigenvalue weighted by Gasteiger charge is 2.46.